The van der Waals surface area contributed by atoms with Crippen LogP contribution in [0.3, 0.4) is 0 Å². The van der Waals surface area contributed by atoms with Gasteiger partial charge in [0.1, 0.15) is 0 Å². The van der Waals surface area contributed by atoms with Gasteiger partial charge in [-0.1, -0.05) is 29.8 Å². The van der Waals surface area contributed by atoms with E-state index in [4.69, 9.17) is 11.6 Å². The summed E-state index contributed by atoms with van der Waals surface area (Å²) in [5.74, 6) is 0.702. The van der Waals surface area contributed by atoms with E-state index in [1.165, 1.54) is 12.1 Å². The maximum atomic E-state index is 12.2. The predicted molar refractivity (Wildman–Crippen MR) is 97.9 cm³/mol. The number of benzene rings is 1. The van der Waals surface area contributed by atoms with Crippen molar-refractivity contribution < 1.29 is 8.42 Å². The Hall–Kier alpha value is -1.57. The van der Waals surface area contributed by atoms with Crippen LogP contribution in [0.15, 0.2) is 46.3 Å². The molecule has 24 heavy (non-hydrogen) atoms. The molecule has 2 rings (SSSR count). The maximum Gasteiger partial charge on any atom is 0.240 e. The average Bonchev–Trinajstić information content (AvgIpc) is 3.05. The second-order valence-electron chi connectivity index (χ2n) is 5.40. The zero-order chi connectivity index (χ0) is 17.4. The summed E-state index contributed by atoms with van der Waals surface area (Å²) in [6.45, 7) is 3.30. The first-order valence-electron chi connectivity index (χ1n) is 7.96. The van der Waals surface area contributed by atoms with Gasteiger partial charge in [-0.05, 0) is 38.0 Å². The van der Waals surface area contributed by atoms with E-state index in [1.807, 2.05) is 6.92 Å². The third kappa shape index (κ3) is 5.81. The summed E-state index contributed by atoms with van der Waals surface area (Å²) >= 11 is 5.83. The highest BCUT2D eigenvalue weighted by atomic mass is 35.5. The van der Waals surface area contributed by atoms with Crippen LogP contribution in [-0.2, 0) is 10.0 Å². The molecule has 0 unspecified atom stereocenters. The van der Waals surface area contributed by atoms with E-state index in [2.05, 4.69) is 32.5 Å². The van der Waals surface area contributed by atoms with E-state index < -0.39 is 10.0 Å². The van der Waals surface area contributed by atoms with Crippen LogP contribution >= 0.6 is 11.6 Å². The number of nitrogens with zero attached hydrogens (tertiary/aromatic N) is 1. The Morgan fingerprint density at radius 1 is 1.33 bits per heavy atom. The van der Waals surface area contributed by atoms with Crippen molar-refractivity contribution in [3.63, 3.8) is 0 Å². The van der Waals surface area contributed by atoms with Crippen molar-refractivity contribution in [1.29, 1.82) is 0 Å². The van der Waals surface area contributed by atoms with Crippen LogP contribution in [0.1, 0.15) is 19.8 Å². The van der Waals surface area contributed by atoms with Crippen LogP contribution in [0, 0.1) is 0 Å². The first-order chi connectivity index (χ1) is 11.5. The van der Waals surface area contributed by atoms with E-state index in [0.717, 1.165) is 19.4 Å². The molecule has 0 aromatic heterocycles. The van der Waals surface area contributed by atoms with E-state index in [-0.39, 0.29) is 11.4 Å². The smallest absolute Gasteiger partial charge is 0.240 e. The maximum absolute atomic E-state index is 12.2. The first-order valence-corrected chi connectivity index (χ1v) is 9.82. The number of aliphatic imine (C=N–C) groups is 1. The zero-order valence-corrected chi connectivity index (χ0v) is 15.2. The lowest BCUT2D eigenvalue weighted by molar-refractivity contribution is 0.581. The van der Waals surface area contributed by atoms with Crippen molar-refractivity contribution in [2.24, 2.45) is 4.99 Å². The molecule has 0 fully saturated rings. The summed E-state index contributed by atoms with van der Waals surface area (Å²) in [6, 6.07) is 6.53. The van der Waals surface area contributed by atoms with Gasteiger partial charge in [0.05, 0.1) is 11.4 Å². The highest BCUT2D eigenvalue weighted by Crippen LogP contribution is 2.14. The lowest BCUT2D eigenvalue weighted by Gasteiger charge is -2.16. The molecule has 1 aromatic carbocycles. The Morgan fingerprint density at radius 2 is 2.08 bits per heavy atom. The molecule has 0 atom stereocenters. The molecule has 0 aliphatic heterocycles. The van der Waals surface area contributed by atoms with Gasteiger partial charge in [0.2, 0.25) is 10.0 Å². The van der Waals surface area contributed by atoms with Crippen LogP contribution in [0.5, 0.6) is 0 Å². The topological polar surface area (TPSA) is 82.6 Å². The fraction of sp³-hybridized carbons (Fsp3) is 0.438. The Balaban J connectivity index is 1.86. The molecular weight excluding hydrogens is 348 g/mol. The summed E-state index contributed by atoms with van der Waals surface area (Å²) in [7, 11) is -3.57. The molecule has 6 nitrogen and oxygen atoms in total. The van der Waals surface area contributed by atoms with Crippen molar-refractivity contribution in [3.8, 4) is 0 Å². The fourth-order valence-corrected chi connectivity index (χ4v) is 3.64. The van der Waals surface area contributed by atoms with Crippen LogP contribution < -0.4 is 15.4 Å². The van der Waals surface area contributed by atoms with Gasteiger partial charge in [-0.3, -0.25) is 4.99 Å². The fourth-order valence-electron chi connectivity index (χ4n) is 2.31. The summed E-state index contributed by atoms with van der Waals surface area (Å²) < 4.78 is 26.9. The van der Waals surface area contributed by atoms with Gasteiger partial charge >= 0.3 is 0 Å². The van der Waals surface area contributed by atoms with Crippen molar-refractivity contribution in [2.45, 2.75) is 30.7 Å². The zero-order valence-electron chi connectivity index (χ0n) is 13.6. The molecule has 0 heterocycles. The highest BCUT2D eigenvalue weighted by molar-refractivity contribution is 7.89. The molecule has 1 aromatic rings. The van der Waals surface area contributed by atoms with Crippen molar-refractivity contribution in [1.82, 2.24) is 15.4 Å². The number of rotatable bonds is 7. The quantitative estimate of drug-likeness (QED) is 0.296. The molecule has 0 spiro atoms. The minimum absolute atomic E-state index is 0.154. The lowest BCUT2D eigenvalue weighted by atomic mass is 10.2. The molecule has 8 heteroatoms. The van der Waals surface area contributed by atoms with Gasteiger partial charge < -0.3 is 10.6 Å². The van der Waals surface area contributed by atoms with E-state index >= 15 is 0 Å². The Labute approximate surface area is 148 Å². The molecule has 0 radical (unpaired) electrons. The van der Waals surface area contributed by atoms with Crippen LogP contribution in [0.4, 0.5) is 0 Å². The normalized spacial score (nSPS) is 15.7. The van der Waals surface area contributed by atoms with Gasteiger partial charge in [0.25, 0.3) is 0 Å². The van der Waals surface area contributed by atoms with Gasteiger partial charge in [-0.15, -0.1) is 0 Å². The van der Waals surface area contributed by atoms with Gasteiger partial charge in [-0.2, -0.15) is 0 Å². The summed E-state index contributed by atoms with van der Waals surface area (Å²) in [5.41, 5.74) is 0. The highest BCUT2D eigenvalue weighted by Gasteiger charge is 2.14. The second-order valence-corrected chi connectivity index (χ2v) is 7.60. The van der Waals surface area contributed by atoms with Crippen molar-refractivity contribution in [3.05, 3.63) is 41.4 Å². The van der Waals surface area contributed by atoms with Crippen LogP contribution in [-0.4, -0.2) is 40.1 Å². The Kier molecular flexibility index (Phi) is 7.08. The number of nitrogens with one attached hydrogen (secondary N) is 3. The molecule has 3 N–H and O–H groups in total. The standard InChI is InChI=1S/C16H23ClN4O2S/c1-2-18-16(21-14-7-3-4-8-14)19-10-11-20-24(22,23)15-9-5-6-13(17)12-15/h3-6,9,12,14,20H,2,7-8,10-11H2,1H3,(H2,18,19,21). The van der Waals surface area contributed by atoms with Crippen LogP contribution in [0.2, 0.25) is 5.02 Å². The van der Waals surface area contributed by atoms with E-state index in [0.29, 0.717) is 23.6 Å². The minimum Gasteiger partial charge on any atom is -0.357 e. The SMILES string of the molecule is CCNC(=NCCNS(=O)(=O)c1cccc(Cl)c1)NC1CC=CC1. The molecule has 0 amide bonds. The minimum atomic E-state index is -3.57. The third-order valence-electron chi connectivity index (χ3n) is 3.47. The van der Waals surface area contributed by atoms with Gasteiger partial charge in [0.15, 0.2) is 5.96 Å². The summed E-state index contributed by atoms with van der Waals surface area (Å²) in [4.78, 5) is 4.56. The van der Waals surface area contributed by atoms with Crippen molar-refractivity contribution >= 4 is 27.6 Å². The number of hydrogen-bond donors (Lipinski definition) is 3. The number of halogens is 1. The van der Waals surface area contributed by atoms with Crippen molar-refractivity contribution in [2.75, 3.05) is 19.6 Å². The second kappa shape index (κ2) is 9.05. The Morgan fingerprint density at radius 3 is 2.75 bits per heavy atom. The number of hydrogen-bond acceptors (Lipinski definition) is 3. The van der Waals surface area contributed by atoms with Gasteiger partial charge in [-0.25, -0.2) is 13.1 Å². The summed E-state index contributed by atoms with van der Waals surface area (Å²) in [6.07, 6.45) is 6.23. The predicted octanol–water partition coefficient (Wildman–Crippen LogP) is 1.89. The lowest BCUT2D eigenvalue weighted by Crippen LogP contribution is -2.42. The molecule has 0 bridgehead atoms. The van der Waals surface area contributed by atoms with Crippen LogP contribution in [0.25, 0.3) is 0 Å². The Bertz CT molecular complexity index is 696. The summed E-state index contributed by atoms with van der Waals surface area (Å²) in [5, 5.41) is 6.89. The molecule has 0 saturated heterocycles. The first kappa shape index (κ1) is 18.8. The number of sulfonamides is 1. The third-order valence-corrected chi connectivity index (χ3v) is 5.17. The van der Waals surface area contributed by atoms with E-state index in [9.17, 15) is 8.42 Å². The molecule has 132 valence electrons. The number of guanidine groups is 1. The average molecular weight is 371 g/mol. The molecule has 0 saturated carbocycles. The molecule has 1 aliphatic carbocycles. The molecule has 1 aliphatic rings. The largest absolute Gasteiger partial charge is 0.357 e. The van der Waals surface area contributed by atoms with E-state index in [1.54, 1.807) is 12.1 Å². The van der Waals surface area contributed by atoms with Gasteiger partial charge in [0, 0.05) is 24.2 Å². The molecular formula is C16H23ClN4O2S. The monoisotopic (exact) mass is 370 g/mol.